The third-order valence-corrected chi connectivity index (χ3v) is 2.18. The lowest BCUT2D eigenvalue weighted by atomic mass is 10.3. The Bertz CT molecular complexity index is 582. The van der Waals surface area contributed by atoms with Gasteiger partial charge in [-0.15, -0.1) is 0 Å². The lowest BCUT2D eigenvalue weighted by Crippen LogP contribution is -2.29. The number of carboxylic acid groups (broad SMARTS) is 1. The average Bonchev–Trinajstić information content (AvgIpc) is 2.90. The van der Waals surface area contributed by atoms with E-state index in [-0.39, 0.29) is 17.9 Å². The molecular weight excluding hydrogens is 252 g/mol. The summed E-state index contributed by atoms with van der Waals surface area (Å²) in [6, 6.07) is 4.03. The fourth-order valence-electron chi connectivity index (χ4n) is 1.34. The molecule has 8 nitrogen and oxygen atoms in total. The number of urea groups is 1. The summed E-state index contributed by atoms with van der Waals surface area (Å²) in [4.78, 5) is 26.1. The van der Waals surface area contributed by atoms with Crippen molar-refractivity contribution in [1.82, 2.24) is 15.5 Å². The van der Waals surface area contributed by atoms with Gasteiger partial charge in [0.15, 0.2) is 5.69 Å². The van der Waals surface area contributed by atoms with Gasteiger partial charge in [-0.2, -0.15) is 0 Å². The second-order valence-electron chi connectivity index (χ2n) is 3.50. The number of hydrogen-bond donors (Lipinski definition) is 3. The van der Waals surface area contributed by atoms with E-state index in [1.807, 2.05) is 0 Å². The molecule has 8 heteroatoms. The minimum Gasteiger partial charge on any atom is -0.476 e. The van der Waals surface area contributed by atoms with E-state index < -0.39 is 12.0 Å². The fourth-order valence-corrected chi connectivity index (χ4v) is 1.34. The number of carbonyl (C=O) groups is 2. The van der Waals surface area contributed by atoms with Crippen LogP contribution in [0.1, 0.15) is 16.2 Å². The van der Waals surface area contributed by atoms with Crippen molar-refractivity contribution in [2.24, 2.45) is 0 Å². The quantitative estimate of drug-likeness (QED) is 0.759. The van der Waals surface area contributed by atoms with Gasteiger partial charge in [-0.3, -0.25) is 0 Å². The average molecular weight is 262 g/mol. The molecule has 0 bridgehead atoms. The van der Waals surface area contributed by atoms with E-state index in [0.29, 0.717) is 5.69 Å². The Balaban J connectivity index is 1.97. The molecule has 2 amide bonds. The molecule has 0 saturated heterocycles. The first-order chi connectivity index (χ1) is 9.16. The van der Waals surface area contributed by atoms with Crippen molar-refractivity contribution >= 4 is 17.7 Å². The van der Waals surface area contributed by atoms with Gasteiger partial charge >= 0.3 is 12.0 Å². The van der Waals surface area contributed by atoms with E-state index >= 15 is 0 Å². The Morgan fingerprint density at radius 3 is 2.89 bits per heavy atom. The van der Waals surface area contributed by atoms with Gasteiger partial charge in [0.1, 0.15) is 12.0 Å². The van der Waals surface area contributed by atoms with Crippen LogP contribution in [0.5, 0.6) is 0 Å². The maximum absolute atomic E-state index is 11.6. The molecule has 0 spiro atoms. The van der Waals surface area contributed by atoms with Crippen LogP contribution in [0, 0.1) is 0 Å². The summed E-state index contributed by atoms with van der Waals surface area (Å²) in [6.45, 7) is 0.172. The van der Waals surface area contributed by atoms with Gasteiger partial charge in [0, 0.05) is 12.3 Å². The number of anilines is 1. The van der Waals surface area contributed by atoms with Crippen LogP contribution in [0.4, 0.5) is 10.5 Å². The number of carbonyl (C=O) groups excluding carboxylic acids is 1. The molecule has 2 aromatic rings. The standard InChI is InChI=1S/C11H10N4O4/c16-10(17)9-8(2-1-4-12-9)14-11(18)13-6-7-3-5-19-15-7/h1-5H,6H2,(H,16,17)(H2,13,14,18). The van der Waals surface area contributed by atoms with E-state index in [0.717, 1.165) is 0 Å². The zero-order valence-corrected chi connectivity index (χ0v) is 9.66. The molecule has 0 aromatic carbocycles. The molecular formula is C11H10N4O4. The molecule has 0 aliphatic heterocycles. The number of rotatable bonds is 4. The lowest BCUT2D eigenvalue weighted by molar-refractivity contribution is 0.0691. The number of aromatic nitrogens is 2. The molecule has 0 atom stereocenters. The number of pyridine rings is 1. The fraction of sp³-hybridized carbons (Fsp3) is 0.0909. The number of aromatic carboxylic acids is 1. The van der Waals surface area contributed by atoms with Crippen LogP contribution in [0.3, 0.4) is 0 Å². The van der Waals surface area contributed by atoms with Crippen LogP contribution in [0.15, 0.2) is 35.2 Å². The Kier molecular flexibility index (Phi) is 3.72. The summed E-state index contributed by atoms with van der Waals surface area (Å²) in [5.74, 6) is -1.22. The Hall–Kier alpha value is -2.90. The number of amides is 2. The minimum atomic E-state index is -1.22. The van der Waals surface area contributed by atoms with E-state index in [1.165, 1.54) is 24.6 Å². The molecule has 3 N–H and O–H groups in total. The maximum Gasteiger partial charge on any atom is 0.356 e. The van der Waals surface area contributed by atoms with Crippen LogP contribution < -0.4 is 10.6 Å². The molecule has 2 heterocycles. The smallest absolute Gasteiger partial charge is 0.356 e. The first kappa shape index (κ1) is 12.6. The van der Waals surface area contributed by atoms with E-state index in [2.05, 4.69) is 25.3 Å². The molecule has 0 aliphatic rings. The van der Waals surface area contributed by atoms with Crippen LogP contribution in [0.25, 0.3) is 0 Å². The van der Waals surface area contributed by atoms with Crippen molar-refractivity contribution in [2.75, 3.05) is 5.32 Å². The van der Waals surface area contributed by atoms with Crippen LogP contribution in [-0.4, -0.2) is 27.2 Å². The Labute approximate surface area is 107 Å². The third kappa shape index (κ3) is 3.28. The van der Waals surface area contributed by atoms with Crippen LogP contribution >= 0.6 is 0 Å². The summed E-state index contributed by atoms with van der Waals surface area (Å²) in [6.07, 6.45) is 2.72. The van der Waals surface area contributed by atoms with Gasteiger partial charge in [-0.05, 0) is 12.1 Å². The zero-order valence-electron chi connectivity index (χ0n) is 9.66. The van der Waals surface area contributed by atoms with Gasteiger partial charge in [-0.1, -0.05) is 5.16 Å². The normalized spacial score (nSPS) is 9.89. The van der Waals surface area contributed by atoms with Gasteiger partial charge in [0.2, 0.25) is 0 Å². The molecule has 0 saturated carbocycles. The van der Waals surface area contributed by atoms with Gasteiger partial charge in [0.25, 0.3) is 0 Å². The summed E-state index contributed by atoms with van der Waals surface area (Å²) in [7, 11) is 0. The largest absolute Gasteiger partial charge is 0.476 e. The summed E-state index contributed by atoms with van der Waals surface area (Å²) in [5, 5.41) is 17.4. The maximum atomic E-state index is 11.6. The predicted molar refractivity (Wildman–Crippen MR) is 63.6 cm³/mol. The Morgan fingerprint density at radius 2 is 2.21 bits per heavy atom. The van der Waals surface area contributed by atoms with E-state index in [9.17, 15) is 9.59 Å². The molecule has 0 radical (unpaired) electrons. The minimum absolute atomic E-state index is 0.118. The number of carboxylic acids is 1. The van der Waals surface area contributed by atoms with Crippen molar-refractivity contribution in [3.63, 3.8) is 0 Å². The zero-order chi connectivity index (χ0) is 13.7. The monoisotopic (exact) mass is 262 g/mol. The topological polar surface area (TPSA) is 117 Å². The highest BCUT2D eigenvalue weighted by atomic mass is 16.5. The SMILES string of the molecule is O=C(NCc1ccon1)Nc1cccnc1C(=O)O. The Morgan fingerprint density at radius 1 is 1.37 bits per heavy atom. The highest BCUT2D eigenvalue weighted by Crippen LogP contribution is 2.11. The molecule has 0 fully saturated rings. The number of hydrogen-bond acceptors (Lipinski definition) is 5. The molecule has 2 rings (SSSR count). The summed E-state index contributed by atoms with van der Waals surface area (Å²) < 4.78 is 4.61. The van der Waals surface area contributed by atoms with Crippen LogP contribution in [0.2, 0.25) is 0 Å². The second-order valence-corrected chi connectivity index (χ2v) is 3.50. The first-order valence-corrected chi connectivity index (χ1v) is 5.29. The van der Waals surface area contributed by atoms with E-state index in [1.54, 1.807) is 6.07 Å². The highest BCUT2D eigenvalue weighted by Gasteiger charge is 2.13. The number of nitrogens with zero attached hydrogens (tertiary/aromatic N) is 2. The van der Waals surface area contributed by atoms with Crippen molar-refractivity contribution in [2.45, 2.75) is 6.54 Å². The van der Waals surface area contributed by atoms with Crippen molar-refractivity contribution in [3.05, 3.63) is 42.0 Å². The molecule has 2 aromatic heterocycles. The predicted octanol–water partition coefficient (Wildman–Crippen LogP) is 1.09. The van der Waals surface area contributed by atoms with E-state index in [4.69, 9.17) is 5.11 Å². The third-order valence-electron chi connectivity index (χ3n) is 2.18. The second kappa shape index (κ2) is 5.63. The highest BCUT2D eigenvalue weighted by molar-refractivity contribution is 5.98. The van der Waals surface area contributed by atoms with Gasteiger partial charge in [0.05, 0.1) is 12.2 Å². The lowest BCUT2D eigenvalue weighted by Gasteiger charge is -2.07. The molecule has 19 heavy (non-hydrogen) atoms. The molecule has 98 valence electrons. The van der Waals surface area contributed by atoms with Crippen molar-refractivity contribution < 1.29 is 19.2 Å². The summed E-state index contributed by atoms with van der Waals surface area (Å²) in [5.41, 5.74) is 0.450. The van der Waals surface area contributed by atoms with Crippen molar-refractivity contribution in [1.29, 1.82) is 0 Å². The molecule has 0 aliphatic carbocycles. The van der Waals surface area contributed by atoms with Crippen LogP contribution in [-0.2, 0) is 6.54 Å². The first-order valence-electron chi connectivity index (χ1n) is 5.29. The van der Waals surface area contributed by atoms with Gasteiger partial charge < -0.3 is 20.3 Å². The molecule has 0 unspecified atom stereocenters. The summed E-state index contributed by atoms with van der Waals surface area (Å²) >= 11 is 0. The number of nitrogens with one attached hydrogen (secondary N) is 2. The van der Waals surface area contributed by atoms with Gasteiger partial charge in [-0.25, -0.2) is 14.6 Å². The van der Waals surface area contributed by atoms with Crippen molar-refractivity contribution in [3.8, 4) is 0 Å².